The SMILES string of the molecule is O=C1OC2(CCC2)C2(CCC2)O1. The highest BCUT2D eigenvalue weighted by atomic mass is 16.8. The molecule has 3 heteroatoms. The third-order valence-corrected chi connectivity index (χ3v) is 3.71. The molecule has 0 amide bonds. The minimum atomic E-state index is -0.436. The average Bonchev–Trinajstić information content (AvgIpc) is 2.20. The molecule has 0 atom stereocenters. The zero-order valence-corrected chi connectivity index (χ0v) is 6.97. The van der Waals surface area contributed by atoms with Crippen molar-refractivity contribution >= 4 is 6.16 Å². The summed E-state index contributed by atoms with van der Waals surface area (Å²) in [5, 5.41) is 0. The lowest BCUT2D eigenvalue weighted by molar-refractivity contribution is -0.141. The Morgan fingerprint density at radius 3 is 1.58 bits per heavy atom. The van der Waals surface area contributed by atoms with E-state index in [1.165, 1.54) is 12.8 Å². The van der Waals surface area contributed by atoms with Gasteiger partial charge in [-0.15, -0.1) is 0 Å². The summed E-state index contributed by atoms with van der Waals surface area (Å²) in [6.45, 7) is 0. The first-order valence-electron chi connectivity index (χ1n) is 4.68. The van der Waals surface area contributed by atoms with E-state index in [-0.39, 0.29) is 11.2 Å². The van der Waals surface area contributed by atoms with Crippen molar-refractivity contribution in [3.05, 3.63) is 0 Å². The van der Waals surface area contributed by atoms with Gasteiger partial charge in [-0.3, -0.25) is 0 Å². The molecule has 0 unspecified atom stereocenters. The van der Waals surface area contributed by atoms with Crippen LogP contribution in [0.5, 0.6) is 0 Å². The van der Waals surface area contributed by atoms with E-state index in [0.29, 0.717) is 0 Å². The lowest BCUT2D eigenvalue weighted by Gasteiger charge is -2.51. The van der Waals surface area contributed by atoms with Crippen molar-refractivity contribution in [1.82, 2.24) is 0 Å². The van der Waals surface area contributed by atoms with Crippen molar-refractivity contribution in [1.29, 1.82) is 0 Å². The van der Waals surface area contributed by atoms with Gasteiger partial charge in [-0.05, 0) is 38.5 Å². The largest absolute Gasteiger partial charge is 0.509 e. The zero-order chi connectivity index (χ0) is 8.23. The van der Waals surface area contributed by atoms with Crippen molar-refractivity contribution in [2.45, 2.75) is 49.7 Å². The van der Waals surface area contributed by atoms with Crippen LogP contribution in [0, 0.1) is 0 Å². The molecule has 2 spiro atoms. The third-order valence-electron chi connectivity index (χ3n) is 3.71. The smallest absolute Gasteiger partial charge is 0.423 e. The Hall–Kier alpha value is -0.730. The summed E-state index contributed by atoms with van der Waals surface area (Å²) >= 11 is 0. The number of carbonyl (C=O) groups excluding carboxylic acids is 1. The van der Waals surface area contributed by atoms with Gasteiger partial charge in [0.1, 0.15) is 0 Å². The quantitative estimate of drug-likeness (QED) is 0.519. The van der Waals surface area contributed by atoms with Crippen LogP contribution in [0.15, 0.2) is 0 Å². The van der Waals surface area contributed by atoms with Crippen LogP contribution in [0.4, 0.5) is 4.79 Å². The fourth-order valence-electron chi connectivity index (χ4n) is 2.64. The monoisotopic (exact) mass is 168 g/mol. The molecule has 66 valence electrons. The third kappa shape index (κ3) is 0.540. The maximum Gasteiger partial charge on any atom is 0.509 e. The maximum absolute atomic E-state index is 11.0. The summed E-state index contributed by atoms with van der Waals surface area (Å²) in [5.41, 5.74) is -0.384. The Morgan fingerprint density at radius 1 is 0.917 bits per heavy atom. The summed E-state index contributed by atoms with van der Waals surface area (Å²) in [6.07, 6.45) is 5.97. The van der Waals surface area contributed by atoms with Gasteiger partial charge in [0.15, 0.2) is 11.2 Å². The number of ether oxygens (including phenoxy) is 2. The molecule has 0 aromatic carbocycles. The van der Waals surface area contributed by atoms with E-state index < -0.39 is 6.16 Å². The van der Waals surface area contributed by atoms with Crippen molar-refractivity contribution in [2.75, 3.05) is 0 Å². The van der Waals surface area contributed by atoms with Crippen molar-refractivity contribution in [3.63, 3.8) is 0 Å². The fraction of sp³-hybridized carbons (Fsp3) is 0.889. The molecule has 1 saturated heterocycles. The van der Waals surface area contributed by atoms with Crippen LogP contribution in [0.1, 0.15) is 38.5 Å². The van der Waals surface area contributed by atoms with E-state index in [1.54, 1.807) is 0 Å². The van der Waals surface area contributed by atoms with E-state index in [0.717, 1.165) is 25.7 Å². The normalized spacial score (nSPS) is 33.8. The van der Waals surface area contributed by atoms with Crippen molar-refractivity contribution in [3.8, 4) is 0 Å². The van der Waals surface area contributed by atoms with Gasteiger partial charge in [-0.2, -0.15) is 0 Å². The summed E-state index contributed by atoms with van der Waals surface area (Å²) < 4.78 is 10.6. The van der Waals surface area contributed by atoms with Gasteiger partial charge >= 0.3 is 6.16 Å². The van der Waals surface area contributed by atoms with E-state index in [4.69, 9.17) is 9.47 Å². The van der Waals surface area contributed by atoms with Crippen LogP contribution in [0.2, 0.25) is 0 Å². The predicted octanol–water partition coefficient (Wildman–Crippen LogP) is 2.00. The van der Waals surface area contributed by atoms with Gasteiger partial charge in [-0.25, -0.2) is 4.79 Å². The molecular weight excluding hydrogens is 156 g/mol. The first-order valence-corrected chi connectivity index (χ1v) is 4.68. The van der Waals surface area contributed by atoms with Crippen molar-refractivity contribution < 1.29 is 14.3 Å². The van der Waals surface area contributed by atoms with Gasteiger partial charge in [0.2, 0.25) is 0 Å². The van der Waals surface area contributed by atoms with Crippen LogP contribution < -0.4 is 0 Å². The lowest BCUT2D eigenvalue weighted by atomic mass is 9.60. The van der Waals surface area contributed by atoms with Crippen LogP contribution in [0.25, 0.3) is 0 Å². The van der Waals surface area contributed by atoms with Gasteiger partial charge < -0.3 is 9.47 Å². The molecular formula is C9H12O3. The second-order valence-electron chi connectivity index (χ2n) is 4.15. The molecule has 0 aromatic rings. The molecule has 12 heavy (non-hydrogen) atoms. The first-order chi connectivity index (χ1) is 5.77. The Bertz CT molecular complexity index is 214. The average molecular weight is 168 g/mol. The molecule has 2 saturated carbocycles. The highest BCUT2D eigenvalue weighted by Crippen LogP contribution is 2.58. The molecule has 2 aliphatic carbocycles. The molecule has 0 radical (unpaired) electrons. The molecule has 1 heterocycles. The molecule has 0 N–H and O–H groups in total. The number of fused-ring (bicyclic) bond motifs is 1. The van der Waals surface area contributed by atoms with Gasteiger partial charge in [0, 0.05) is 0 Å². The highest BCUT2D eigenvalue weighted by Gasteiger charge is 2.67. The van der Waals surface area contributed by atoms with Gasteiger partial charge in [-0.1, -0.05) is 0 Å². The fourth-order valence-corrected chi connectivity index (χ4v) is 2.64. The topological polar surface area (TPSA) is 35.5 Å². The molecule has 0 bridgehead atoms. The van der Waals surface area contributed by atoms with Gasteiger partial charge in [0.05, 0.1) is 0 Å². The molecule has 3 rings (SSSR count). The molecule has 0 aromatic heterocycles. The maximum atomic E-state index is 11.0. The summed E-state index contributed by atoms with van der Waals surface area (Å²) in [5.74, 6) is 0. The van der Waals surface area contributed by atoms with Crippen LogP contribution in [-0.4, -0.2) is 17.4 Å². The number of hydrogen-bond acceptors (Lipinski definition) is 3. The number of hydrogen-bond donors (Lipinski definition) is 0. The number of rotatable bonds is 0. The number of carbonyl (C=O) groups is 1. The minimum Gasteiger partial charge on any atom is -0.423 e. The van der Waals surface area contributed by atoms with Crippen LogP contribution >= 0.6 is 0 Å². The molecule has 3 nitrogen and oxygen atoms in total. The van der Waals surface area contributed by atoms with E-state index in [2.05, 4.69) is 0 Å². The van der Waals surface area contributed by atoms with E-state index >= 15 is 0 Å². The van der Waals surface area contributed by atoms with Crippen LogP contribution in [-0.2, 0) is 9.47 Å². The van der Waals surface area contributed by atoms with Crippen LogP contribution in [0.3, 0.4) is 0 Å². The minimum absolute atomic E-state index is 0.192. The summed E-state index contributed by atoms with van der Waals surface area (Å²) in [7, 11) is 0. The standard InChI is InChI=1S/C9H12O3/c10-7-11-8(3-1-4-8)9(12-7)5-2-6-9/h1-6H2. The summed E-state index contributed by atoms with van der Waals surface area (Å²) in [6, 6.07) is 0. The highest BCUT2D eigenvalue weighted by molar-refractivity contribution is 5.65. The Labute approximate surface area is 71.0 Å². The second kappa shape index (κ2) is 1.78. The Kier molecular flexibility index (Phi) is 1.00. The Morgan fingerprint density at radius 2 is 1.33 bits per heavy atom. The second-order valence-corrected chi connectivity index (χ2v) is 4.15. The van der Waals surface area contributed by atoms with Crippen molar-refractivity contribution in [2.24, 2.45) is 0 Å². The molecule has 3 aliphatic rings. The predicted molar refractivity (Wildman–Crippen MR) is 40.7 cm³/mol. The Balaban J connectivity index is 1.95. The lowest BCUT2D eigenvalue weighted by Crippen LogP contribution is -2.59. The van der Waals surface area contributed by atoms with E-state index in [9.17, 15) is 4.79 Å². The van der Waals surface area contributed by atoms with Gasteiger partial charge in [0.25, 0.3) is 0 Å². The summed E-state index contributed by atoms with van der Waals surface area (Å²) in [4.78, 5) is 11.0. The molecule has 3 fully saturated rings. The molecule has 1 aliphatic heterocycles. The zero-order valence-electron chi connectivity index (χ0n) is 6.97. The van der Waals surface area contributed by atoms with E-state index in [1.807, 2.05) is 0 Å². The first kappa shape index (κ1) is 6.75.